The van der Waals surface area contributed by atoms with Crippen molar-refractivity contribution in [3.8, 4) is 0 Å². The lowest BCUT2D eigenvalue weighted by molar-refractivity contribution is 0.0972. The zero-order chi connectivity index (χ0) is 18.0. The highest BCUT2D eigenvalue weighted by Gasteiger charge is 2.47. The van der Waals surface area contributed by atoms with Crippen LogP contribution in [0.25, 0.3) is 11.2 Å². The summed E-state index contributed by atoms with van der Waals surface area (Å²) in [5.74, 6) is 1.51. The maximum atomic E-state index is 12.6. The van der Waals surface area contributed by atoms with Gasteiger partial charge in [-0.15, -0.1) is 0 Å². The minimum Gasteiger partial charge on any atom is -0.391 e. The van der Waals surface area contributed by atoms with Crippen molar-refractivity contribution < 1.29 is 9.84 Å². The van der Waals surface area contributed by atoms with Gasteiger partial charge in [-0.1, -0.05) is 0 Å². The molecule has 26 heavy (non-hydrogen) atoms. The first kappa shape index (κ1) is 16.3. The predicted octanol–water partition coefficient (Wildman–Crippen LogP) is 0.719. The summed E-state index contributed by atoms with van der Waals surface area (Å²) in [6, 6.07) is 0.299. The molecule has 3 aliphatic heterocycles. The number of ether oxygens (including phenoxy) is 1. The van der Waals surface area contributed by atoms with Crippen LogP contribution in [-0.2, 0) is 18.3 Å². The van der Waals surface area contributed by atoms with E-state index in [2.05, 4.69) is 14.5 Å². The second-order valence-corrected chi connectivity index (χ2v) is 7.86. The summed E-state index contributed by atoms with van der Waals surface area (Å²) in [7, 11) is 1.75. The van der Waals surface area contributed by atoms with Crippen LogP contribution in [0.2, 0.25) is 0 Å². The van der Waals surface area contributed by atoms with E-state index in [9.17, 15) is 9.90 Å². The first-order valence-electron chi connectivity index (χ1n) is 9.56. The van der Waals surface area contributed by atoms with E-state index >= 15 is 0 Å². The van der Waals surface area contributed by atoms with Crippen molar-refractivity contribution in [2.75, 3.05) is 11.5 Å². The van der Waals surface area contributed by atoms with Crippen LogP contribution in [0, 0.1) is 6.92 Å². The van der Waals surface area contributed by atoms with Gasteiger partial charge in [-0.25, -0.2) is 9.78 Å². The van der Waals surface area contributed by atoms with E-state index in [1.54, 1.807) is 11.6 Å². The molecule has 4 atom stereocenters. The minimum atomic E-state index is -0.343. The molecule has 0 aliphatic carbocycles. The maximum Gasteiger partial charge on any atom is 0.350 e. The average molecular weight is 359 g/mol. The van der Waals surface area contributed by atoms with Gasteiger partial charge in [-0.05, 0) is 39.0 Å². The SMILES string of the molecule is Cc1nc2c(N3C4CCC3[C@H](O)C4)nc(=O)n(C)c2n1C[C@@H]1CCCO1. The molecule has 2 bridgehead atoms. The van der Waals surface area contributed by atoms with Gasteiger partial charge in [0.15, 0.2) is 5.82 Å². The van der Waals surface area contributed by atoms with E-state index < -0.39 is 0 Å². The van der Waals surface area contributed by atoms with E-state index in [0.29, 0.717) is 12.4 Å². The number of nitrogens with zero attached hydrogens (tertiary/aromatic N) is 5. The number of aromatic nitrogens is 4. The van der Waals surface area contributed by atoms with Crippen LogP contribution >= 0.6 is 0 Å². The average Bonchev–Trinajstić information content (AvgIpc) is 3.36. The quantitative estimate of drug-likeness (QED) is 0.869. The number of hydrogen-bond donors (Lipinski definition) is 1. The normalized spacial score (nSPS) is 30.8. The molecule has 3 saturated heterocycles. The molecule has 0 amide bonds. The van der Waals surface area contributed by atoms with Crippen LogP contribution in [0.4, 0.5) is 5.82 Å². The first-order chi connectivity index (χ1) is 12.5. The summed E-state index contributed by atoms with van der Waals surface area (Å²) in [4.78, 5) is 23.9. The van der Waals surface area contributed by atoms with Gasteiger partial charge in [0.1, 0.15) is 17.0 Å². The number of imidazole rings is 1. The summed E-state index contributed by atoms with van der Waals surface area (Å²) >= 11 is 0. The van der Waals surface area contributed by atoms with Gasteiger partial charge in [-0.2, -0.15) is 4.98 Å². The van der Waals surface area contributed by atoms with Crippen LogP contribution < -0.4 is 10.6 Å². The molecule has 140 valence electrons. The lowest BCUT2D eigenvalue weighted by atomic mass is 9.98. The molecule has 3 fully saturated rings. The van der Waals surface area contributed by atoms with Gasteiger partial charge in [0.2, 0.25) is 0 Å². The molecule has 5 rings (SSSR count). The lowest BCUT2D eigenvalue weighted by Gasteiger charge is -2.24. The van der Waals surface area contributed by atoms with E-state index in [-0.39, 0.29) is 30.0 Å². The number of aryl methyl sites for hydroxylation is 2. The Morgan fingerprint density at radius 1 is 1.27 bits per heavy atom. The number of fused-ring (bicyclic) bond motifs is 3. The second-order valence-electron chi connectivity index (χ2n) is 7.86. The Kier molecular flexibility index (Phi) is 3.62. The third-order valence-electron chi connectivity index (χ3n) is 6.31. The Bertz CT molecular complexity index is 914. The van der Waals surface area contributed by atoms with Crippen molar-refractivity contribution in [2.24, 2.45) is 7.05 Å². The summed E-state index contributed by atoms with van der Waals surface area (Å²) in [6.45, 7) is 3.47. The van der Waals surface area contributed by atoms with Crippen LogP contribution in [0.5, 0.6) is 0 Å². The zero-order valence-electron chi connectivity index (χ0n) is 15.3. The highest BCUT2D eigenvalue weighted by atomic mass is 16.5. The Labute approximate surface area is 151 Å². The van der Waals surface area contributed by atoms with Gasteiger partial charge in [0.05, 0.1) is 24.8 Å². The van der Waals surface area contributed by atoms with Crippen molar-refractivity contribution in [2.45, 2.75) is 69.9 Å². The Hall–Kier alpha value is -1.93. The molecule has 0 spiro atoms. The summed E-state index contributed by atoms with van der Waals surface area (Å²) in [6.07, 6.45) is 4.67. The molecule has 1 N–H and O–H groups in total. The highest BCUT2D eigenvalue weighted by Crippen LogP contribution is 2.42. The van der Waals surface area contributed by atoms with Gasteiger partial charge < -0.3 is 19.3 Å². The van der Waals surface area contributed by atoms with Crippen LogP contribution in [-0.4, -0.2) is 55.1 Å². The van der Waals surface area contributed by atoms with Crippen molar-refractivity contribution >= 4 is 17.0 Å². The van der Waals surface area contributed by atoms with Gasteiger partial charge in [-0.3, -0.25) is 4.57 Å². The van der Waals surface area contributed by atoms with Gasteiger partial charge in [0.25, 0.3) is 0 Å². The monoisotopic (exact) mass is 359 g/mol. The predicted molar refractivity (Wildman–Crippen MR) is 96.4 cm³/mol. The number of hydrogen-bond acceptors (Lipinski definition) is 6. The minimum absolute atomic E-state index is 0.0476. The third kappa shape index (κ3) is 2.24. The Morgan fingerprint density at radius 3 is 2.77 bits per heavy atom. The fourth-order valence-corrected chi connectivity index (χ4v) is 5.03. The molecular weight excluding hydrogens is 334 g/mol. The standard InChI is InChI=1S/C18H25N5O3/c1-10-19-15-16(23-11-5-6-13(23)14(24)8-11)20-18(25)21(2)17(15)22(10)9-12-4-3-7-26-12/h11-14,24H,3-9H2,1-2H3/t11?,12-,13?,14+/m0/s1. The fraction of sp³-hybridized carbons (Fsp3) is 0.722. The fourth-order valence-electron chi connectivity index (χ4n) is 5.03. The maximum absolute atomic E-state index is 12.6. The third-order valence-corrected chi connectivity index (χ3v) is 6.31. The Morgan fingerprint density at radius 2 is 2.12 bits per heavy atom. The van der Waals surface area contributed by atoms with E-state index in [1.807, 2.05) is 6.92 Å². The van der Waals surface area contributed by atoms with Gasteiger partial charge in [0, 0.05) is 19.7 Å². The van der Waals surface area contributed by atoms with Crippen molar-refractivity contribution in [1.29, 1.82) is 0 Å². The molecule has 2 aromatic rings. The summed E-state index contributed by atoms with van der Waals surface area (Å²) in [5, 5.41) is 10.3. The van der Waals surface area contributed by atoms with Crippen LogP contribution in [0.3, 0.4) is 0 Å². The number of rotatable bonds is 3. The number of anilines is 1. The zero-order valence-corrected chi connectivity index (χ0v) is 15.3. The van der Waals surface area contributed by atoms with E-state index in [1.165, 1.54) is 0 Å². The van der Waals surface area contributed by atoms with Crippen LogP contribution in [0.15, 0.2) is 4.79 Å². The van der Waals surface area contributed by atoms with Crippen LogP contribution in [0.1, 0.15) is 37.9 Å². The highest BCUT2D eigenvalue weighted by molar-refractivity contribution is 5.85. The smallest absolute Gasteiger partial charge is 0.350 e. The van der Waals surface area contributed by atoms with Crippen molar-refractivity contribution in [3.05, 3.63) is 16.3 Å². The second kappa shape index (κ2) is 5.79. The molecule has 0 radical (unpaired) electrons. The number of aliphatic hydroxyl groups excluding tert-OH is 1. The molecule has 0 saturated carbocycles. The molecule has 2 unspecified atom stereocenters. The largest absolute Gasteiger partial charge is 0.391 e. The summed E-state index contributed by atoms with van der Waals surface area (Å²) in [5.41, 5.74) is 1.28. The van der Waals surface area contributed by atoms with E-state index in [0.717, 1.165) is 55.7 Å². The number of aliphatic hydroxyl groups is 1. The van der Waals surface area contributed by atoms with E-state index in [4.69, 9.17) is 9.72 Å². The summed E-state index contributed by atoms with van der Waals surface area (Å²) < 4.78 is 9.47. The molecule has 5 heterocycles. The van der Waals surface area contributed by atoms with Crippen molar-refractivity contribution in [1.82, 2.24) is 19.1 Å². The van der Waals surface area contributed by atoms with Gasteiger partial charge >= 0.3 is 5.69 Å². The molecule has 8 nitrogen and oxygen atoms in total. The molecule has 3 aliphatic rings. The topological polar surface area (TPSA) is 85.4 Å². The molecule has 8 heteroatoms. The van der Waals surface area contributed by atoms with Crippen molar-refractivity contribution in [3.63, 3.8) is 0 Å². The first-order valence-corrected chi connectivity index (χ1v) is 9.56. The molecular formula is C18H25N5O3. The molecule has 2 aromatic heterocycles. The lowest BCUT2D eigenvalue weighted by Crippen LogP contribution is -2.35. The molecule has 0 aromatic carbocycles. The Balaban J connectivity index is 1.66.